The molecule has 1 aliphatic rings. The van der Waals surface area contributed by atoms with Crippen molar-refractivity contribution in [3.63, 3.8) is 0 Å². The maximum atomic E-state index is 11.4. The van der Waals surface area contributed by atoms with Gasteiger partial charge in [0.2, 0.25) is 0 Å². The van der Waals surface area contributed by atoms with Gasteiger partial charge in [-0.2, -0.15) is 5.10 Å². The molecule has 0 radical (unpaired) electrons. The predicted octanol–water partition coefficient (Wildman–Crippen LogP) is 2.47. The number of carbonyl (C=O) groups is 1. The van der Waals surface area contributed by atoms with Gasteiger partial charge in [-0.25, -0.2) is 4.98 Å². The van der Waals surface area contributed by atoms with Crippen LogP contribution in [0.15, 0.2) is 42.9 Å². The molecule has 2 heterocycles. The van der Waals surface area contributed by atoms with E-state index in [9.17, 15) is 4.79 Å². The number of nitrogens with zero attached hydrogens (tertiary/aromatic N) is 4. The summed E-state index contributed by atoms with van der Waals surface area (Å²) in [5.41, 5.74) is 3.49. The van der Waals surface area contributed by atoms with Gasteiger partial charge in [0.25, 0.3) is 0 Å². The van der Waals surface area contributed by atoms with Crippen LogP contribution < -0.4 is 0 Å². The zero-order valence-electron chi connectivity index (χ0n) is 11.4. The van der Waals surface area contributed by atoms with Crippen molar-refractivity contribution in [1.82, 2.24) is 19.7 Å². The minimum atomic E-state index is 0.139. The molecular weight excluding hydrogens is 264 g/mol. The largest absolute Gasteiger partial charge is 0.299 e. The van der Waals surface area contributed by atoms with Crippen LogP contribution in [-0.4, -0.2) is 25.5 Å². The van der Waals surface area contributed by atoms with Crippen molar-refractivity contribution in [1.29, 1.82) is 0 Å². The fraction of sp³-hybridized carbons (Fsp3) is 0.250. The maximum absolute atomic E-state index is 11.4. The predicted molar refractivity (Wildman–Crippen MR) is 78.5 cm³/mol. The monoisotopic (exact) mass is 278 g/mol. The molecule has 1 saturated carbocycles. The molecule has 104 valence electrons. The first-order chi connectivity index (χ1) is 10.3. The number of hydrogen-bond donors (Lipinski definition) is 0. The van der Waals surface area contributed by atoms with Crippen LogP contribution in [0.4, 0.5) is 0 Å². The van der Waals surface area contributed by atoms with Crippen LogP contribution in [0.5, 0.6) is 0 Å². The standard InChI is InChI=1S/C16H14N4O/c21-16-6-5-11(16)9-20-10-12(7-18-20)15-8-17-13-3-1-2-4-14(13)19-15/h1-4,7-8,10-11H,5-6,9H2. The van der Waals surface area contributed by atoms with E-state index in [0.717, 1.165) is 35.1 Å². The van der Waals surface area contributed by atoms with Gasteiger partial charge in [-0.05, 0) is 18.6 Å². The van der Waals surface area contributed by atoms with Crippen molar-refractivity contribution in [2.24, 2.45) is 5.92 Å². The van der Waals surface area contributed by atoms with Crippen molar-refractivity contribution in [2.75, 3.05) is 0 Å². The lowest BCUT2D eigenvalue weighted by Crippen LogP contribution is -2.29. The van der Waals surface area contributed by atoms with Crippen molar-refractivity contribution >= 4 is 16.8 Å². The summed E-state index contributed by atoms with van der Waals surface area (Å²) in [5.74, 6) is 0.484. The van der Waals surface area contributed by atoms with Crippen LogP contribution in [0.2, 0.25) is 0 Å². The number of ketones is 1. The van der Waals surface area contributed by atoms with Crippen LogP contribution in [0.3, 0.4) is 0 Å². The molecule has 1 aliphatic carbocycles. The van der Waals surface area contributed by atoms with E-state index in [-0.39, 0.29) is 5.92 Å². The average Bonchev–Trinajstić information content (AvgIpc) is 2.99. The van der Waals surface area contributed by atoms with Crippen LogP contribution in [0.1, 0.15) is 12.8 Å². The van der Waals surface area contributed by atoms with Gasteiger partial charge >= 0.3 is 0 Å². The van der Waals surface area contributed by atoms with E-state index < -0.39 is 0 Å². The summed E-state index contributed by atoms with van der Waals surface area (Å²) in [4.78, 5) is 20.4. The first kappa shape index (κ1) is 12.2. The molecule has 0 amide bonds. The zero-order valence-corrected chi connectivity index (χ0v) is 11.4. The van der Waals surface area contributed by atoms with E-state index in [0.29, 0.717) is 12.3 Å². The molecule has 1 fully saturated rings. The Kier molecular flexibility index (Phi) is 2.77. The van der Waals surface area contributed by atoms with Crippen molar-refractivity contribution < 1.29 is 4.79 Å². The van der Waals surface area contributed by atoms with E-state index >= 15 is 0 Å². The van der Waals surface area contributed by atoms with Crippen LogP contribution >= 0.6 is 0 Å². The minimum Gasteiger partial charge on any atom is -0.299 e. The summed E-state index contributed by atoms with van der Waals surface area (Å²) in [6.07, 6.45) is 7.17. The highest BCUT2D eigenvalue weighted by Gasteiger charge is 2.28. The number of para-hydroxylation sites is 2. The van der Waals surface area contributed by atoms with Gasteiger partial charge < -0.3 is 0 Å². The molecular formula is C16H14N4O. The summed E-state index contributed by atoms with van der Waals surface area (Å²) >= 11 is 0. The van der Waals surface area contributed by atoms with Gasteiger partial charge in [0.05, 0.1) is 35.7 Å². The van der Waals surface area contributed by atoms with Gasteiger partial charge in [0.15, 0.2) is 0 Å². The third-order valence-corrected chi connectivity index (χ3v) is 3.98. The Bertz CT molecular complexity index is 824. The lowest BCUT2D eigenvalue weighted by molar-refractivity contribution is -0.129. The molecule has 0 spiro atoms. The van der Waals surface area contributed by atoms with Crippen LogP contribution in [0, 0.1) is 5.92 Å². The lowest BCUT2D eigenvalue weighted by Gasteiger charge is -2.23. The fourth-order valence-electron chi connectivity index (χ4n) is 2.58. The highest BCUT2D eigenvalue weighted by molar-refractivity contribution is 5.86. The van der Waals surface area contributed by atoms with Crippen LogP contribution in [0.25, 0.3) is 22.3 Å². The van der Waals surface area contributed by atoms with Crippen molar-refractivity contribution in [3.05, 3.63) is 42.9 Å². The van der Waals surface area contributed by atoms with Gasteiger partial charge in [-0.3, -0.25) is 14.5 Å². The molecule has 4 rings (SSSR count). The van der Waals surface area contributed by atoms with Gasteiger partial charge in [-0.1, -0.05) is 12.1 Å². The molecule has 0 aliphatic heterocycles. The quantitative estimate of drug-likeness (QED) is 0.738. The molecule has 1 aromatic carbocycles. The highest BCUT2D eigenvalue weighted by Crippen LogP contribution is 2.25. The Morgan fingerprint density at radius 1 is 1.19 bits per heavy atom. The average molecular weight is 278 g/mol. The normalized spacial score (nSPS) is 17.9. The van der Waals surface area contributed by atoms with E-state index in [1.165, 1.54) is 0 Å². The van der Waals surface area contributed by atoms with Crippen molar-refractivity contribution in [2.45, 2.75) is 19.4 Å². The number of hydrogen-bond acceptors (Lipinski definition) is 4. The number of aromatic nitrogens is 4. The molecule has 1 atom stereocenters. The zero-order chi connectivity index (χ0) is 14.2. The second-order valence-corrected chi connectivity index (χ2v) is 5.40. The summed E-state index contributed by atoms with van der Waals surface area (Å²) in [6, 6.07) is 7.79. The number of rotatable bonds is 3. The first-order valence-corrected chi connectivity index (χ1v) is 7.07. The highest BCUT2D eigenvalue weighted by atomic mass is 16.1. The SMILES string of the molecule is O=C1CCC1Cn1cc(-c2cnc3ccccc3n2)cn1. The first-order valence-electron chi connectivity index (χ1n) is 7.07. The number of benzene rings is 1. The Hall–Kier alpha value is -2.56. The van der Waals surface area contributed by atoms with Gasteiger partial charge in [0.1, 0.15) is 5.78 Å². The van der Waals surface area contributed by atoms with Crippen LogP contribution in [-0.2, 0) is 11.3 Å². The number of fused-ring (bicyclic) bond motifs is 1. The Morgan fingerprint density at radius 2 is 2.05 bits per heavy atom. The number of carbonyl (C=O) groups excluding carboxylic acids is 1. The third kappa shape index (κ3) is 2.20. The molecule has 21 heavy (non-hydrogen) atoms. The molecule has 0 N–H and O–H groups in total. The lowest BCUT2D eigenvalue weighted by atomic mass is 9.84. The Labute approximate surface area is 121 Å². The van der Waals surface area contributed by atoms with Gasteiger partial charge in [0, 0.05) is 24.1 Å². The smallest absolute Gasteiger partial charge is 0.137 e. The molecule has 5 nitrogen and oxygen atoms in total. The maximum Gasteiger partial charge on any atom is 0.137 e. The molecule has 3 aromatic rings. The fourth-order valence-corrected chi connectivity index (χ4v) is 2.58. The second kappa shape index (κ2) is 4.77. The van der Waals surface area contributed by atoms with E-state index in [1.807, 2.05) is 35.1 Å². The van der Waals surface area contributed by atoms with Crippen molar-refractivity contribution in [3.8, 4) is 11.3 Å². The van der Waals surface area contributed by atoms with E-state index in [1.54, 1.807) is 12.4 Å². The molecule has 0 bridgehead atoms. The molecule has 2 aromatic heterocycles. The molecule has 0 saturated heterocycles. The summed E-state index contributed by atoms with van der Waals surface area (Å²) in [5, 5.41) is 4.33. The Morgan fingerprint density at radius 3 is 2.81 bits per heavy atom. The van der Waals surface area contributed by atoms with E-state index in [4.69, 9.17) is 0 Å². The molecule has 5 heteroatoms. The third-order valence-electron chi connectivity index (χ3n) is 3.98. The Balaban J connectivity index is 1.62. The molecule has 1 unspecified atom stereocenters. The minimum absolute atomic E-state index is 0.139. The summed E-state index contributed by atoms with van der Waals surface area (Å²) in [7, 11) is 0. The second-order valence-electron chi connectivity index (χ2n) is 5.40. The summed E-state index contributed by atoms with van der Waals surface area (Å²) in [6.45, 7) is 0.667. The number of Topliss-reactive ketones (excluding diaryl/α,β-unsaturated/α-hetero) is 1. The topological polar surface area (TPSA) is 60.7 Å². The van der Waals surface area contributed by atoms with E-state index in [2.05, 4.69) is 15.1 Å². The van der Waals surface area contributed by atoms with Gasteiger partial charge in [-0.15, -0.1) is 0 Å². The summed E-state index contributed by atoms with van der Waals surface area (Å²) < 4.78 is 1.83.